The first-order chi connectivity index (χ1) is 14.4. The van der Waals surface area contributed by atoms with E-state index in [0.717, 1.165) is 48.2 Å². The summed E-state index contributed by atoms with van der Waals surface area (Å²) in [5.74, 6) is 0.244. The van der Waals surface area contributed by atoms with Crippen molar-refractivity contribution in [2.75, 3.05) is 6.54 Å². The van der Waals surface area contributed by atoms with Gasteiger partial charge in [0.2, 0.25) is 5.91 Å². The molecule has 0 N–H and O–H groups in total. The molecule has 2 heterocycles. The first-order valence-corrected chi connectivity index (χ1v) is 11.0. The minimum atomic E-state index is -0.597. The van der Waals surface area contributed by atoms with Gasteiger partial charge in [0.1, 0.15) is 0 Å². The van der Waals surface area contributed by atoms with Crippen molar-refractivity contribution >= 4 is 16.9 Å². The number of aromatic nitrogens is 2. The average Bonchev–Trinajstić information content (AvgIpc) is 3.06. The van der Waals surface area contributed by atoms with Crippen LogP contribution >= 0.6 is 0 Å². The van der Waals surface area contributed by atoms with Crippen LogP contribution in [0.2, 0.25) is 0 Å². The molecule has 0 radical (unpaired) electrons. The SMILES string of the molecule is CC12CCC(C(=O)N3CCc4ccccc4C3)(c3nc4ccccc4nc31)C2(C)C. The highest BCUT2D eigenvalue weighted by molar-refractivity contribution is 5.93. The Morgan fingerprint density at radius 1 is 0.867 bits per heavy atom. The minimum Gasteiger partial charge on any atom is -0.337 e. The van der Waals surface area contributed by atoms with Gasteiger partial charge in [0, 0.05) is 18.5 Å². The Kier molecular flexibility index (Phi) is 3.42. The predicted octanol–water partition coefficient (Wildman–Crippen LogP) is 4.54. The van der Waals surface area contributed by atoms with Gasteiger partial charge in [-0.3, -0.25) is 4.79 Å². The highest BCUT2D eigenvalue weighted by atomic mass is 16.2. The van der Waals surface area contributed by atoms with Gasteiger partial charge in [-0.1, -0.05) is 57.2 Å². The van der Waals surface area contributed by atoms with Crippen LogP contribution in [0.3, 0.4) is 0 Å². The Labute approximate surface area is 177 Å². The van der Waals surface area contributed by atoms with Gasteiger partial charge in [0.05, 0.1) is 27.8 Å². The van der Waals surface area contributed by atoms with Crippen LogP contribution in [0.4, 0.5) is 0 Å². The highest BCUT2D eigenvalue weighted by Crippen LogP contribution is 2.70. The lowest BCUT2D eigenvalue weighted by Gasteiger charge is -2.43. The third-order valence-corrected chi connectivity index (χ3v) is 8.73. The molecule has 3 aliphatic rings. The Hall–Kier alpha value is -2.75. The van der Waals surface area contributed by atoms with Crippen LogP contribution in [0.15, 0.2) is 48.5 Å². The van der Waals surface area contributed by atoms with Crippen LogP contribution < -0.4 is 0 Å². The molecule has 152 valence electrons. The number of fused-ring (bicyclic) bond motifs is 7. The molecule has 30 heavy (non-hydrogen) atoms. The fraction of sp³-hybridized carbons (Fsp3) is 0.423. The maximum atomic E-state index is 14.3. The van der Waals surface area contributed by atoms with Crippen LogP contribution in [0, 0.1) is 5.41 Å². The molecule has 1 amide bonds. The summed E-state index contributed by atoms with van der Waals surface area (Å²) in [6, 6.07) is 16.6. The predicted molar refractivity (Wildman–Crippen MR) is 117 cm³/mol. The molecule has 2 bridgehead atoms. The largest absolute Gasteiger partial charge is 0.337 e. The maximum Gasteiger partial charge on any atom is 0.235 e. The molecule has 4 heteroatoms. The number of carbonyl (C=O) groups is 1. The zero-order valence-corrected chi connectivity index (χ0v) is 17.9. The molecule has 1 aromatic heterocycles. The summed E-state index contributed by atoms with van der Waals surface area (Å²) in [7, 11) is 0. The summed E-state index contributed by atoms with van der Waals surface area (Å²) in [6.45, 7) is 8.30. The molecule has 2 aliphatic carbocycles. The van der Waals surface area contributed by atoms with Gasteiger partial charge in [-0.2, -0.15) is 0 Å². The lowest BCUT2D eigenvalue weighted by molar-refractivity contribution is -0.142. The van der Waals surface area contributed by atoms with E-state index in [1.807, 2.05) is 24.3 Å². The van der Waals surface area contributed by atoms with E-state index in [2.05, 4.69) is 49.9 Å². The summed E-state index contributed by atoms with van der Waals surface area (Å²) in [5, 5.41) is 0. The minimum absolute atomic E-state index is 0.136. The van der Waals surface area contributed by atoms with Crippen LogP contribution in [0.1, 0.15) is 56.1 Å². The van der Waals surface area contributed by atoms with E-state index in [1.54, 1.807) is 0 Å². The number of hydrogen-bond donors (Lipinski definition) is 0. The van der Waals surface area contributed by atoms with E-state index in [1.165, 1.54) is 11.1 Å². The Morgan fingerprint density at radius 2 is 1.50 bits per heavy atom. The molecule has 0 saturated heterocycles. The highest BCUT2D eigenvalue weighted by Gasteiger charge is 2.73. The fourth-order valence-electron chi connectivity index (χ4n) is 6.46. The summed E-state index contributed by atoms with van der Waals surface area (Å²) in [5.41, 5.74) is 5.47. The standard InChI is InChI=1S/C26H27N3O/c1-24(2)25(3)13-14-26(24,22-21(25)27-19-10-6-7-11-20(19)28-22)23(30)29-15-12-17-8-4-5-9-18(17)16-29/h4-11H,12-16H2,1-3H3. The second-order valence-corrected chi connectivity index (χ2v) is 10.0. The van der Waals surface area contributed by atoms with Crippen molar-refractivity contribution in [3.63, 3.8) is 0 Å². The summed E-state index contributed by atoms with van der Waals surface area (Å²) in [4.78, 5) is 26.6. The Balaban J connectivity index is 1.52. The molecule has 2 atom stereocenters. The summed E-state index contributed by atoms with van der Waals surface area (Å²) >= 11 is 0. The summed E-state index contributed by atoms with van der Waals surface area (Å²) < 4.78 is 0. The third kappa shape index (κ3) is 1.95. The molecule has 6 rings (SSSR count). The first-order valence-electron chi connectivity index (χ1n) is 11.0. The molecular formula is C26H27N3O. The van der Waals surface area contributed by atoms with Gasteiger partial charge in [-0.15, -0.1) is 0 Å². The van der Waals surface area contributed by atoms with E-state index >= 15 is 0 Å². The van der Waals surface area contributed by atoms with E-state index < -0.39 is 5.41 Å². The molecular weight excluding hydrogens is 370 g/mol. The number of nitrogens with zero attached hydrogens (tertiary/aromatic N) is 3. The summed E-state index contributed by atoms with van der Waals surface area (Å²) in [6.07, 6.45) is 2.76. The van der Waals surface area contributed by atoms with Gasteiger partial charge < -0.3 is 4.90 Å². The average molecular weight is 398 g/mol. The molecule has 3 aromatic rings. The van der Waals surface area contributed by atoms with E-state index in [0.29, 0.717) is 6.54 Å². The number of carbonyl (C=O) groups excluding carboxylic acids is 1. The van der Waals surface area contributed by atoms with Crippen molar-refractivity contribution in [3.05, 3.63) is 71.0 Å². The molecule has 1 saturated carbocycles. The van der Waals surface area contributed by atoms with Crippen molar-refractivity contribution in [3.8, 4) is 0 Å². The maximum absolute atomic E-state index is 14.3. The first kappa shape index (κ1) is 18.1. The number of benzene rings is 2. The van der Waals surface area contributed by atoms with Gasteiger partial charge in [-0.05, 0) is 47.9 Å². The van der Waals surface area contributed by atoms with Crippen molar-refractivity contribution in [2.24, 2.45) is 5.41 Å². The lowest BCUT2D eigenvalue weighted by atomic mass is 9.63. The van der Waals surface area contributed by atoms with Gasteiger partial charge in [0.25, 0.3) is 0 Å². The number of para-hydroxylation sites is 2. The topological polar surface area (TPSA) is 46.1 Å². The van der Waals surface area contributed by atoms with Crippen LogP contribution in [0.25, 0.3) is 11.0 Å². The molecule has 4 nitrogen and oxygen atoms in total. The van der Waals surface area contributed by atoms with Crippen LogP contribution in [-0.2, 0) is 28.6 Å². The van der Waals surface area contributed by atoms with Crippen molar-refractivity contribution in [1.82, 2.24) is 14.9 Å². The molecule has 0 spiro atoms. The van der Waals surface area contributed by atoms with E-state index in [9.17, 15) is 4.79 Å². The Bertz CT molecular complexity index is 1220. The quantitative estimate of drug-likeness (QED) is 0.605. The molecule has 1 aliphatic heterocycles. The lowest BCUT2D eigenvalue weighted by Crippen LogP contribution is -2.53. The molecule has 2 unspecified atom stereocenters. The third-order valence-electron chi connectivity index (χ3n) is 8.73. The smallest absolute Gasteiger partial charge is 0.235 e. The molecule has 1 fully saturated rings. The normalized spacial score (nSPS) is 28.4. The van der Waals surface area contributed by atoms with Gasteiger partial charge in [0.15, 0.2) is 0 Å². The van der Waals surface area contributed by atoms with E-state index in [-0.39, 0.29) is 16.7 Å². The van der Waals surface area contributed by atoms with Crippen LogP contribution in [-0.4, -0.2) is 27.3 Å². The van der Waals surface area contributed by atoms with Gasteiger partial charge in [-0.25, -0.2) is 9.97 Å². The van der Waals surface area contributed by atoms with E-state index in [4.69, 9.17) is 9.97 Å². The monoisotopic (exact) mass is 397 g/mol. The Morgan fingerprint density at radius 3 is 2.23 bits per heavy atom. The number of hydrogen-bond acceptors (Lipinski definition) is 3. The second-order valence-electron chi connectivity index (χ2n) is 10.0. The number of amides is 1. The fourth-order valence-corrected chi connectivity index (χ4v) is 6.46. The van der Waals surface area contributed by atoms with Crippen molar-refractivity contribution < 1.29 is 4.79 Å². The zero-order chi connectivity index (χ0) is 20.7. The number of rotatable bonds is 1. The van der Waals surface area contributed by atoms with Gasteiger partial charge >= 0.3 is 0 Å². The van der Waals surface area contributed by atoms with Crippen molar-refractivity contribution in [1.29, 1.82) is 0 Å². The van der Waals surface area contributed by atoms with Crippen LogP contribution in [0.5, 0.6) is 0 Å². The molecule has 2 aromatic carbocycles. The zero-order valence-electron chi connectivity index (χ0n) is 17.9. The second kappa shape index (κ2) is 5.69. The van der Waals surface area contributed by atoms with Crippen molar-refractivity contribution in [2.45, 2.75) is 57.4 Å².